The van der Waals surface area contributed by atoms with E-state index >= 15 is 0 Å². The lowest BCUT2D eigenvalue weighted by atomic mass is 10.0. The summed E-state index contributed by atoms with van der Waals surface area (Å²) in [4.78, 5) is 15.5. The number of aromatic nitrogens is 1. The lowest BCUT2D eigenvalue weighted by molar-refractivity contribution is 0.0946. The third-order valence-corrected chi connectivity index (χ3v) is 4.71. The highest BCUT2D eigenvalue weighted by molar-refractivity contribution is 6.31. The Hall–Kier alpha value is -2.41. The molecule has 7 heteroatoms. The molecule has 6 N–H and O–H groups in total. The summed E-state index contributed by atoms with van der Waals surface area (Å²) in [5.41, 5.74) is 14.4. The molecule has 0 bridgehead atoms. The average Bonchev–Trinajstić information content (AvgIpc) is 3.10. The van der Waals surface area contributed by atoms with Crippen molar-refractivity contribution in [3.05, 3.63) is 59.0 Å². The number of aromatic amines is 1. The first-order valence-corrected chi connectivity index (χ1v) is 9.18. The SMILES string of the molecule is NCCC[C@H](N)CNC(=O)c1cc2ccc(-c3ccc(F)c(Cl)c3)cc2[nH]1. The normalized spacial score (nSPS) is 12.3. The van der Waals surface area contributed by atoms with Crippen molar-refractivity contribution in [3.63, 3.8) is 0 Å². The number of hydrogen-bond donors (Lipinski definition) is 4. The van der Waals surface area contributed by atoms with Crippen LogP contribution in [0.15, 0.2) is 42.5 Å². The summed E-state index contributed by atoms with van der Waals surface area (Å²) in [5.74, 6) is -0.661. The number of carbonyl (C=O) groups excluding carboxylic acids is 1. The van der Waals surface area contributed by atoms with E-state index in [-0.39, 0.29) is 17.0 Å². The van der Waals surface area contributed by atoms with E-state index < -0.39 is 5.82 Å². The number of carbonyl (C=O) groups is 1. The first kappa shape index (κ1) is 19.4. The summed E-state index contributed by atoms with van der Waals surface area (Å²) in [6, 6.07) is 12.0. The zero-order valence-corrected chi connectivity index (χ0v) is 15.5. The standard InChI is InChI=1S/C20H22ClFN4O/c21-16-8-12(5-6-17(16)22)13-3-4-14-10-19(26-18(14)9-13)20(27)25-11-15(24)2-1-7-23/h3-6,8-10,15,26H,1-2,7,11,23-24H2,(H,25,27)/t15-/m0/s1. The molecule has 0 saturated heterocycles. The van der Waals surface area contributed by atoms with E-state index in [4.69, 9.17) is 23.1 Å². The van der Waals surface area contributed by atoms with Crippen molar-refractivity contribution in [1.29, 1.82) is 0 Å². The predicted molar refractivity (Wildman–Crippen MR) is 107 cm³/mol. The Morgan fingerprint density at radius 2 is 1.93 bits per heavy atom. The van der Waals surface area contributed by atoms with Crippen LogP contribution in [0, 0.1) is 5.82 Å². The number of nitrogens with one attached hydrogen (secondary N) is 2. The van der Waals surface area contributed by atoms with Crippen LogP contribution in [0.5, 0.6) is 0 Å². The fraction of sp³-hybridized carbons (Fsp3) is 0.250. The van der Waals surface area contributed by atoms with Crippen LogP contribution in [-0.4, -0.2) is 30.0 Å². The van der Waals surface area contributed by atoms with E-state index in [1.165, 1.54) is 6.07 Å². The Bertz CT molecular complexity index is 956. The smallest absolute Gasteiger partial charge is 0.267 e. The molecule has 3 rings (SSSR count). The van der Waals surface area contributed by atoms with Gasteiger partial charge in [0.25, 0.3) is 5.91 Å². The highest BCUT2D eigenvalue weighted by Crippen LogP contribution is 2.28. The van der Waals surface area contributed by atoms with E-state index in [0.717, 1.165) is 34.9 Å². The molecule has 0 aliphatic heterocycles. The van der Waals surface area contributed by atoms with Crippen LogP contribution >= 0.6 is 11.6 Å². The molecule has 2 aromatic carbocycles. The number of fused-ring (bicyclic) bond motifs is 1. The van der Waals surface area contributed by atoms with Crippen molar-refractivity contribution in [2.45, 2.75) is 18.9 Å². The largest absolute Gasteiger partial charge is 0.351 e. The molecule has 0 unspecified atom stereocenters. The van der Waals surface area contributed by atoms with Gasteiger partial charge in [-0.3, -0.25) is 4.79 Å². The highest BCUT2D eigenvalue weighted by atomic mass is 35.5. The van der Waals surface area contributed by atoms with E-state index in [1.807, 2.05) is 18.2 Å². The molecular formula is C20H22ClFN4O. The molecule has 142 valence electrons. The Morgan fingerprint density at radius 3 is 2.67 bits per heavy atom. The molecule has 5 nitrogen and oxygen atoms in total. The monoisotopic (exact) mass is 388 g/mol. The Labute approximate surface area is 161 Å². The number of amides is 1. The van der Waals surface area contributed by atoms with Crippen molar-refractivity contribution in [1.82, 2.24) is 10.3 Å². The van der Waals surface area contributed by atoms with Gasteiger partial charge in [-0.05, 0) is 54.8 Å². The second-order valence-electron chi connectivity index (χ2n) is 6.51. The fourth-order valence-corrected chi connectivity index (χ4v) is 3.09. The minimum atomic E-state index is -0.454. The maximum Gasteiger partial charge on any atom is 0.267 e. The summed E-state index contributed by atoms with van der Waals surface area (Å²) < 4.78 is 13.4. The van der Waals surface area contributed by atoms with Gasteiger partial charge in [-0.1, -0.05) is 29.8 Å². The topological polar surface area (TPSA) is 96.9 Å². The molecule has 1 aromatic heterocycles. The molecule has 0 radical (unpaired) electrons. The Morgan fingerprint density at radius 1 is 1.19 bits per heavy atom. The molecular weight excluding hydrogens is 367 g/mol. The average molecular weight is 389 g/mol. The van der Waals surface area contributed by atoms with E-state index in [0.29, 0.717) is 18.8 Å². The zero-order chi connectivity index (χ0) is 19.4. The quantitative estimate of drug-likeness (QED) is 0.499. The van der Waals surface area contributed by atoms with E-state index in [9.17, 15) is 9.18 Å². The number of benzene rings is 2. The maximum absolute atomic E-state index is 13.4. The molecule has 1 heterocycles. The van der Waals surface area contributed by atoms with Gasteiger partial charge >= 0.3 is 0 Å². The molecule has 0 saturated carbocycles. The Kier molecular flexibility index (Phi) is 6.11. The number of rotatable bonds is 7. The molecule has 0 aliphatic carbocycles. The van der Waals surface area contributed by atoms with Gasteiger partial charge in [0.05, 0.1) is 5.02 Å². The third-order valence-electron chi connectivity index (χ3n) is 4.42. The minimum absolute atomic E-state index is 0.0742. The molecule has 0 fully saturated rings. The lowest BCUT2D eigenvalue weighted by Gasteiger charge is -2.11. The van der Waals surface area contributed by atoms with Gasteiger partial charge in [0.1, 0.15) is 11.5 Å². The second kappa shape index (κ2) is 8.52. The summed E-state index contributed by atoms with van der Waals surface area (Å²) in [5, 5.41) is 3.81. The summed E-state index contributed by atoms with van der Waals surface area (Å²) in [6.45, 7) is 0.985. The van der Waals surface area contributed by atoms with Crippen molar-refractivity contribution in [2.24, 2.45) is 11.5 Å². The predicted octanol–water partition coefficient (Wildman–Crippen LogP) is 3.42. The minimum Gasteiger partial charge on any atom is -0.351 e. The maximum atomic E-state index is 13.4. The summed E-state index contributed by atoms with van der Waals surface area (Å²) >= 11 is 5.87. The van der Waals surface area contributed by atoms with Gasteiger partial charge < -0.3 is 21.8 Å². The Balaban J connectivity index is 1.75. The zero-order valence-electron chi connectivity index (χ0n) is 14.8. The first-order chi connectivity index (χ1) is 13.0. The van der Waals surface area contributed by atoms with Crippen LogP contribution < -0.4 is 16.8 Å². The highest BCUT2D eigenvalue weighted by Gasteiger charge is 2.12. The molecule has 27 heavy (non-hydrogen) atoms. The second-order valence-corrected chi connectivity index (χ2v) is 6.92. The number of H-pyrrole nitrogens is 1. The van der Waals surface area contributed by atoms with Crippen LogP contribution in [0.4, 0.5) is 4.39 Å². The van der Waals surface area contributed by atoms with Crippen LogP contribution in [-0.2, 0) is 0 Å². The lowest BCUT2D eigenvalue weighted by Crippen LogP contribution is -2.37. The van der Waals surface area contributed by atoms with Gasteiger partial charge in [-0.25, -0.2) is 4.39 Å². The molecule has 0 aliphatic rings. The van der Waals surface area contributed by atoms with Crippen molar-refractivity contribution in [3.8, 4) is 11.1 Å². The van der Waals surface area contributed by atoms with E-state index in [2.05, 4.69) is 10.3 Å². The number of halogens is 2. The first-order valence-electron chi connectivity index (χ1n) is 8.80. The number of hydrogen-bond acceptors (Lipinski definition) is 3. The van der Waals surface area contributed by atoms with Gasteiger partial charge in [-0.15, -0.1) is 0 Å². The van der Waals surface area contributed by atoms with Crippen LogP contribution in [0.25, 0.3) is 22.0 Å². The fourth-order valence-electron chi connectivity index (χ4n) is 2.91. The van der Waals surface area contributed by atoms with Crippen molar-refractivity contribution in [2.75, 3.05) is 13.1 Å². The van der Waals surface area contributed by atoms with Gasteiger partial charge in [-0.2, -0.15) is 0 Å². The third kappa shape index (κ3) is 4.66. The van der Waals surface area contributed by atoms with Crippen molar-refractivity contribution >= 4 is 28.4 Å². The van der Waals surface area contributed by atoms with Gasteiger partial charge in [0.15, 0.2) is 0 Å². The molecule has 0 spiro atoms. The molecule has 1 amide bonds. The van der Waals surface area contributed by atoms with E-state index in [1.54, 1.807) is 18.2 Å². The van der Waals surface area contributed by atoms with Crippen LogP contribution in [0.3, 0.4) is 0 Å². The van der Waals surface area contributed by atoms with Crippen LogP contribution in [0.1, 0.15) is 23.3 Å². The van der Waals surface area contributed by atoms with Gasteiger partial charge in [0.2, 0.25) is 0 Å². The van der Waals surface area contributed by atoms with Crippen molar-refractivity contribution < 1.29 is 9.18 Å². The molecule has 1 atom stereocenters. The molecule has 3 aromatic rings. The summed E-state index contributed by atoms with van der Waals surface area (Å²) in [7, 11) is 0. The van der Waals surface area contributed by atoms with Crippen LogP contribution in [0.2, 0.25) is 5.02 Å². The van der Waals surface area contributed by atoms with Gasteiger partial charge in [0, 0.05) is 23.5 Å². The summed E-state index contributed by atoms with van der Waals surface area (Å²) in [6.07, 6.45) is 1.60. The number of nitrogens with two attached hydrogens (primary N) is 2.